The zero-order chi connectivity index (χ0) is 66.9. The van der Waals surface area contributed by atoms with Gasteiger partial charge in [0.25, 0.3) is 0 Å². The number of hydrogen-bond acceptors (Lipinski definition) is 8. The monoisotopic (exact) mass is 1390 g/mol. The summed E-state index contributed by atoms with van der Waals surface area (Å²) in [5.74, 6) is 0.893. The first-order chi connectivity index (χ1) is 43.9. The molecule has 0 aromatic carbocycles. The maximum Gasteiger partial charge on any atom is 0.306 e. The molecule has 0 aromatic rings. The molecule has 0 aromatic heterocycles. The molecule has 0 radical (unpaired) electrons. The molecule has 92 heavy (non-hydrogen) atoms. The van der Waals surface area contributed by atoms with Crippen molar-refractivity contribution in [1.82, 2.24) is 9.80 Å². The Labute approximate surface area is 591 Å². The first-order valence-corrected chi connectivity index (χ1v) is 39.6. The van der Waals surface area contributed by atoms with Crippen molar-refractivity contribution < 1.29 is 49.0 Å². The fourth-order valence-electron chi connectivity index (χ4n) is 12.1. The van der Waals surface area contributed by atoms with Crippen LogP contribution in [0.2, 0.25) is 0 Å². The zero-order valence-electron chi connectivity index (χ0n) is 64.2. The normalized spacial score (nSPS) is 12.1. The summed E-state index contributed by atoms with van der Waals surface area (Å²) in [5, 5.41) is 0. The van der Waals surface area contributed by atoms with E-state index in [1.165, 1.54) is 264 Å². The van der Waals surface area contributed by atoms with Crippen LogP contribution in [0.25, 0.3) is 0 Å². The molecule has 2 unspecified atom stereocenters. The fraction of sp³-hybridized carbons (Fsp3) is 0.880. The van der Waals surface area contributed by atoms with Crippen LogP contribution in [-0.4, -0.2) is 87.8 Å². The number of esters is 3. The minimum atomic E-state index is -0.211. The number of nitrogens with zero attached hydrogens (tertiary/aromatic N) is 2. The Bertz CT molecular complexity index is 1490. The van der Waals surface area contributed by atoms with Gasteiger partial charge in [0.1, 0.15) is 12.2 Å². The number of hydrogen-bond donors (Lipinski definition) is 0. The molecule has 0 fully saturated rings. The van der Waals surface area contributed by atoms with E-state index in [0.717, 1.165) is 90.1 Å². The number of carbonyl (C=O) groups excluding carboxylic acids is 3. The van der Waals surface area contributed by atoms with Crippen LogP contribution in [-0.2, 0) is 49.0 Å². The van der Waals surface area contributed by atoms with Gasteiger partial charge in [-0.3, -0.25) is 14.4 Å². The Kier molecular flexibility index (Phi) is 89.7. The average molecular weight is 1390 g/mol. The second-order valence-corrected chi connectivity index (χ2v) is 27.5. The van der Waals surface area contributed by atoms with Crippen LogP contribution in [0.1, 0.15) is 402 Å². The van der Waals surface area contributed by atoms with E-state index < -0.39 is 0 Å². The van der Waals surface area contributed by atoms with Crippen LogP contribution >= 0.6 is 0 Å². The summed E-state index contributed by atoms with van der Waals surface area (Å²) >= 11 is 0. The van der Waals surface area contributed by atoms with E-state index in [2.05, 4.69) is 121 Å². The Morgan fingerprint density at radius 1 is 0.315 bits per heavy atom. The van der Waals surface area contributed by atoms with Gasteiger partial charge >= 0.3 is 17.9 Å². The SMILES string of the molecule is CCCCC/C=C\CCCC(CCC/C=C\CCCCC)C(CCC/C=C\CCCCC)OC(=O)CCCCN(C)C.CCCCCCCCCCC(CCCCCCCCCC)C(CCCCCCCCCC)OC(=O)CCCCN(C)C.CCOC(C)=O.[CH3-].[Pd]. The fourth-order valence-corrected chi connectivity index (χ4v) is 12.1. The summed E-state index contributed by atoms with van der Waals surface area (Å²) in [5.41, 5.74) is 0. The van der Waals surface area contributed by atoms with Crippen LogP contribution in [0.5, 0.6) is 0 Å². The maximum atomic E-state index is 13.0. The van der Waals surface area contributed by atoms with E-state index in [1.807, 2.05) is 0 Å². The molecular weight excluding hydrogens is 1230 g/mol. The summed E-state index contributed by atoms with van der Waals surface area (Å²) in [7, 11) is 8.41. The zero-order valence-corrected chi connectivity index (χ0v) is 65.8. The third-order valence-corrected chi connectivity index (χ3v) is 17.8. The van der Waals surface area contributed by atoms with E-state index in [9.17, 15) is 14.4 Å². The van der Waals surface area contributed by atoms with E-state index in [4.69, 9.17) is 9.47 Å². The molecule has 0 bridgehead atoms. The second kappa shape index (κ2) is 83.4. The van der Waals surface area contributed by atoms with Gasteiger partial charge in [-0.15, -0.1) is 0 Å². The summed E-state index contributed by atoms with van der Waals surface area (Å²) in [6, 6.07) is 0. The largest absolute Gasteiger partial charge is 0.466 e. The van der Waals surface area contributed by atoms with Crippen molar-refractivity contribution in [2.45, 2.75) is 414 Å². The van der Waals surface area contributed by atoms with Crippen LogP contribution < -0.4 is 0 Å². The number of allylic oxidation sites excluding steroid dienone is 6. The number of unbranched alkanes of at least 4 members (excludes halogenated alkanes) is 35. The molecule has 0 saturated heterocycles. The van der Waals surface area contributed by atoms with Crippen LogP contribution in [0.15, 0.2) is 36.5 Å². The van der Waals surface area contributed by atoms with Gasteiger partial charge in [-0.1, -0.05) is 264 Å². The molecule has 0 amide bonds. The maximum absolute atomic E-state index is 13.0. The van der Waals surface area contributed by atoms with Crippen molar-refractivity contribution >= 4 is 17.9 Å². The number of carbonyl (C=O) groups is 3. The summed E-state index contributed by atoms with van der Waals surface area (Å²) < 4.78 is 17.1. The summed E-state index contributed by atoms with van der Waals surface area (Å²) in [6.07, 6.45) is 81.3. The Morgan fingerprint density at radius 2 is 0.554 bits per heavy atom. The topological polar surface area (TPSA) is 85.4 Å². The molecule has 0 N–H and O–H groups in total. The minimum absolute atomic E-state index is 0. The first kappa shape index (κ1) is 98.9. The van der Waals surface area contributed by atoms with E-state index in [-0.39, 0.29) is 58.0 Å². The molecule has 552 valence electrons. The molecule has 0 aliphatic heterocycles. The molecule has 8 nitrogen and oxygen atoms in total. The van der Waals surface area contributed by atoms with E-state index in [1.54, 1.807) is 6.92 Å². The molecule has 0 rings (SSSR count). The Morgan fingerprint density at radius 3 is 0.826 bits per heavy atom. The first-order valence-electron chi connectivity index (χ1n) is 39.6. The van der Waals surface area contributed by atoms with Crippen LogP contribution in [0, 0.1) is 19.3 Å². The van der Waals surface area contributed by atoms with Gasteiger partial charge in [-0.25, -0.2) is 0 Å². The third kappa shape index (κ3) is 80.6. The van der Waals surface area contributed by atoms with Crippen LogP contribution in [0.3, 0.4) is 0 Å². The summed E-state index contributed by atoms with van der Waals surface area (Å²) in [6.45, 7) is 19.4. The van der Waals surface area contributed by atoms with Crippen molar-refractivity contribution in [2.24, 2.45) is 11.8 Å². The smallest absolute Gasteiger partial charge is 0.306 e. The van der Waals surface area contributed by atoms with Crippen LogP contribution in [0.4, 0.5) is 0 Å². The van der Waals surface area contributed by atoms with Crippen molar-refractivity contribution in [2.75, 3.05) is 47.9 Å². The van der Waals surface area contributed by atoms with Gasteiger partial charge in [-0.2, -0.15) is 0 Å². The van der Waals surface area contributed by atoms with Crippen molar-refractivity contribution in [3.8, 4) is 0 Å². The molecule has 0 aliphatic rings. The van der Waals surface area contributed by atoms with Crippen molar-refractivity contribution in [1.29, 1.82) is 0 Å². The quantitative estimate of drug-likeness (QED) is 0.0149. The molecule has 0 heterocycles. The van der Waals surface area contributed by atoms with Gasteiger partial charge in [0.15, 0.2) is 0 Å². The predicted molar refractivity (Wildman–Crippen MR) is 403 cm³/mol. The minimum Gasteiger partial charge on any atom is -0.466 e. The van der Waals surface area contributed by atoms with Crippen molar-refractivity contribution in [3.63, 3.8) is 0 Å². The van der Waals surface area contributed by atoms with Gasteiger partial charge in [0.05, 0.1) is 6.61 Å². The van der Waals surface area contributed by atoms with E-state index in [0.29, 0.717) is 31.3 Å². The third-order valence-electron chi connectivity index (χ3n) is 17.8. The standard InChI is InChI=1S/C39H79NO2.C39H73NO2.C4H8O2.CH3.Pd/c2*1-6-9-12-15-18-21-24-27-32-37(33-28-25-22-19-16-13-10-7-2)38(34-29-26-23-20-17-14-11-8-3)42-39(41)35-30-31-36-40(4)5;1-3-6-4(2)5;;/h37-38H,6-36H2,1-5H3;18-23,37-38H,6-17,24-36H2,1-5H3;3H2,1-2H3;1H3;/q;;;-1;/b;21-18-,22-19-,23-20-;;;. The second-order valence-electron chi connectivity index (χ2n) is 27.5. The van der Waals surface area contributed by atoms with Gasteiger partial charge < -0.3 is 31.4 Å². The Balaban J connectivity index is -0.000000492. The van der Waals surface area contributed by atoms with Gasteiger partial charge in [0.2, 0.25) is 0 Å². The average Bonchev–Trinajstić information content (AvgIpc) is 2.17. The number of rotatable bonds is 66. The molecule has 9 heteroatoms. The predicted octanol–water partition coefficient (Wildman–Crippen LogP) is 26.0. The molecule has 2 atom stereocenters. The molecule has 0 aliphatic carbocycles. The van der Waals surface area contributed by atoms with E-state index >= 15 is 0 Å². The van der Waals surface area contributed by atoms with Gasteiger partial charge in [0, 0.05) is 40.2 Å². The van der Waals surface area contributed by atoms with Crippen molar-refractivity contribution in [3.05, 3.63) is 43.9 Å². The van der Waals surface area contributed by atoms with Gasteiger partial charge in [-0.05, 0) is 208 Å². The molecule has 0 spiro atoms. The summed E-state index contributed by atoms with van der Waals surface area (Å²) in [4.78, 5) is 40.2. The Hall–Kier alpha value is -1.79. The number of ether oxygens (including phenoxy) is 3. The molecule has 0 saturated carbocycles. The molecular formula is C83H163N2O6Pd-.